The van der Waals surface area contributed by atoms with Gasteiger partial charge in [-0.2, -0.15) is 0 Å². The van der Waals surface area contributed by atoms with Crippen LogP contribution in [0.25, 0.3) is 0 Å². The van der Waals surface area contributed by atoms with Crippen LogP contribution in [0.1, 0.15) is 19.4 Å². The first-order valence-corrected chi connectivity index (χ1v) is 4.75. The van der Waals surface area contributed by atoms with Gasteiger partial charge in [-0.25, -0.2) is 4.39 Å². The zero-order valence-corrected chi connectivity index (χ0v) is 8.88. The molecule has 0 aliphatic carbocycles. The van der Waals surface area contributed by atoms with Gasteiger partial charge in [-0.3, -0.25) is 4.79 Å². The molecule has 1 aromatic rings. The first-order chi connectivity index (χ1) is 7.08. The standard InChI is InChI=1S/C12H14FNO/c1-9(2)6-12(15)14-8-10-4-3-5-11(13)7-10/h3-7H,8H2,1-2H3,(H,14,15). The van der Waals surface area contributed by atoms with Gasteiger partial charge in [0.25, 0.3) is 0 Å². The molecule has 0 radical (unpaired) electrons. The number of carbonyl (C=O) groups is 1. The Labute approximate surface area is 88.8 Å². The number of rotatable bonds is 3. The molecule has 0 aliphatic rings. The van der Waals surface area contributed by atoms with Crippen LogP contribution in [0.5, 0.6) is 0 Å². The summed E-state index contributed by atoms with van der Waals surface area (Å²) in [5.74, 6) is -0.441. The highest BCUT2D eigenvalue weighted by molar-refractivity contribution is 5.87. The topological polar surface area (TPSA) is 29.1 Å². The fraction of sp³-hybridized carbons (Fsp3) is 0.250. The lowest BCUT2D eigenvalue weighted by Crippen LogP contribution is -2.20. The molecule has 0 saturated carbocycles. The predicted molar refractivity (Wildman–Crippen MR) is 57.7 cm³/mol. The fourth-order valence-electron chi connectivity index (χ4n) is 1.15. The zero-order valence-electron chi connectivity index (χ0n) is 8.88. The van der Waals surface area contributed by atoms with Gasteiger partial charge in [0.2, 0.25) is 5.91 Å². The van der Waals surface area contributed by atoms with Crippen LogP contribution < -0.4 is 5.32 Å². The minimum atomic E-state index is -0.288. The number of allylic oxidation sites excluding steroid dienone is 1. The monoisotopic (exact) mass is 207 g/mol. The molecule has 1 N–H and O–H groups in total. The van der Waals surface area contributed by atoms with Crippen LogP contribution in [0.3, 0.4) is 0 Å². The molecule has 0 bridgehead atoms. The third kappa shape index (κ3) is 4.40. The summed E-state index contributed by atoms with van der Waals surface area (Å²) < 4.78 is 12.8. The van der Waals surface area contributed by atoms with Crippen LogP contribution in [-0.4, -0.2) is 5.91 Å². The lowest BCUT2D eigenvalue weighted by atomic mass is 10.2. The molecule has 0 fully saturated rings. The molecule has 0 aliphatic heterocycles. The van der Waals surface area contributed by atoms with Crippen molar-refractivity contribution in [1.29, 1.82) is 0 Å². The second-order valence-corrected chi connectivity index (χ2v) is 3.57. The van der Waals surface area contributed by atoms with Crippen LogP contribution in [0, 0.1) is 5.82 Å². The van der Waals surface area contributed by atoms with E-state index in [0.717, 1.165) is 11.1 Å². The van der Waals surface area contributed by atoms with Crippen molar-refractivity contribution in [3.05, 3.63) is 47.3 Å². The first-order valence-electron chi connectivity index (χ1n) is 4.75. The van der Waals surface area contributed by atoms with Crippen molar-refractivity contribution in [1.82, 2.24) is 5.32 Å². The summed E-state index contributed by atoms with van der Waals surface area (Å²) in [6, 6.07) is 6.17. The fourth-order valence-corrected chi connectivity index (χ4v) is 1.15. The van der Waals surface area contributed by atoms with Crippen LogP contribution in [0.15, 0.2) is 35.9 Å². The van der Waals surface area contributed by atoms with Crippen molar-refractivity contribution in [3.63, 3.8) is 0 Å². The number of benzene rings is 1. The Morgan fingerprint density at radius 1 is 1.47 bits per heavy atom. The summed E-state index contributed by atoms with van der Waals surface area (Å²) in [7, 11) is 0. The van der Waals surface area contributed by atoms with Crippen molar-refractivity contribution in [2.45, 2.75) is 20.4 Å². The Morgan fingerprint density at radius 3 is 2.80 bits per heavy atom. The van der Waals surface area contributed by atoms with E-state index in [4.69, 9.17) is 0 Å². The number of halogens is 1. The molecular weight excluding hydrogens is 193 g/mol. The van der Waals surface area contributed by atoms with Gasteiger partial charge in [0.1, 0.15) is 5.82 Å². The molecule has 3 heteroatoms. The second-order valence-electron chi connectivity index (χ2n) is 3.57. The lowest BCUT2D eigenvalue weighted by Gasteiger charge is -2.02. The lowest BCUT2D eigenvalue weighted by molar-refractivity contribution is -0.116. The number of carbonyl (C=O) groups excluding carboxylic acids is 1. The highest BCUT2D eigenvalue weighted by Gasteiger charge is 1.98. The average molecular weight is 207 g/mol. The maximum Gasteiger partial charge on any atom is 0.244 e. The second kappa shape index (κ2) is 5.29. The number of hydrogen-bond donors (Lipinski definition) is 1. The van der Waals surface area contributed by atoms with Crippen molar-refractivity contribution in [3.8, 4) is 0 Å². The van der Waals surface area contributed by atoms with Gasteiger partial charge >= 0.3 is 0 Å². The Kier molecular flexibility index (Phi) is 4.03. The van der Waals surface area contributed by atoms with Crippen molar-refractivity contribution in [2.75, 3.05) is 0 Å². The summed E-state index contributed by atoms with van der Waals surface area (Å²) in [5.41, 5.74) is 1.69. The normalized spacial score (nSPS) is 9.53. The smallest absolute Gasteiger partial charge is 0.244 e. The largest absolute Gasteiger partial charge is 0.348 e. The third-order valence-electron chi connectivity index (χ3n) is 1.78. The Bertz CT molecular complexity index is 381. The van der Waals surface area contributed by atoms with Crippen molar-refractivity contribution >= 4 is 5.91 Å². The molecule has 0 spiro atoms. The van der Waals surface area contributed by atoms with Crippen molar-refractivity contribution in [2.24, 2.45) is 0 Å². The minimum absolute atomic E-state index is 0.153. The summed E-state index contributed by atoms with van der Waals surface area (Å²) in [6.45, 7) is 4.05. The average Bonchev–Trinajstić information content (AvgIpc) is 2.14. The number of amides is 1. The van der Waals surface area contributed by atoms with E-state index in [1.54, 1.807) is 12.1 Å². The molecule has 0 aromatic heterocycles. The summed E-state index contributed by atoms with van der Waals surface area (Å²) in [5, 5.41) is 2.68. The summed E-state index contributed by atoms with van der Waals surface area (Å²) >= 11 is 0. The molecule has 1 rings (SSSR count). The first kappa shape index (κ1) is 11.4. The van der Waals surface area contributed by atoms with Gasteiger partial charge in [-0.05, 0) is 31.5 Å². The van der Waals surface area contributed by atoms with Gasteiger partial charge in [-0.1, -0.05) is 17.7 Å². The van der Waals surface area contributed by atoms with E-state index < -0.39 is 0 Å². The Morgan fingerprint density at radius 2 is 2.20 bits per heavy atom. The molecule has 0 unspecified atom stereocenters. The Balaban J connectivity index is 2.51. The third-order valence-corrected chi connectivity index (χ3v) is 1.78. The summed E-state index contributed by atoms with van der Waals surface area (Å²) in [4.78, 5) is 11.2. The maximum absolute atomic E-state index is 12.8. The summed E-state index contributed by atoms with van der Waals surface area (Å²) in [6.07, 6.45) is 1.51. The molecule has 1 amide bonds. The Hall–Kier alpha value is -1.64. The molecule has 0 heterocycles. The van der Waals surface area contributed by atoms with Gasteiger partial charge in [0.15, 0.2) is 0 Å². The minimum Gasteiger partial charge on any atom is -0.348 e. The number of hydrogen-bond acceptors (Lipinski definition) is 1. The van der Waals surface area contributed by atoms with E-state index in [1.165, 1.54) is 18.2 Å². The van der Waals surface area contributed by atoms with E-state index >= 15 is 0 Å². The highest BCUT2D eigenvalue weighted by atomic mass is 19.1. The highest BCUT2D eigenvalue weighted by Crippen LogP contribution is 2.02. The number of nitrogens with one attached hydrogen (secondary N) is 1. The van der Waals surface area contributed by atoms with Gasteiger partial charge in [0.05, 0.1) is 0 Å². The van der Waals surface area contributed by atoms with Gasteiger partial charge in [0, 0.05) is 12.6 Å². The van der Waals surface area contributed by atoms with Crippen molar-refractivity contribution < 1.29 is 9.18 Å². The molecule has 80 valence electrons. The van der Waals surface area contributed by atoms with E-state index in [0.29, 0.717) is 6.54 Å². The predicted octanol–water partition coefficient (Wildman–Crippen LogP) is 2.41. The van der Waals surface area contributed by atoms with Crippen LogP contribution in [0.2, 0.25) is 0 Å². The van der Waals surface area contributed by atoms with E-state index in [1.807, 2.05) is 13.8 Å². The van der Waals surface area contributed by atoms with Crippen LogP contribution in [-0.2, 0) is 11.3 Å². The van der Waals surface area contributed by atoms with E-state index in [9.17, 15) is 9.18 Å². The van der Waals surface area contributed by atoms with Gasteiger partial charge < -0.3 is 5.32 Å². The molecule has 0 saturated heterocycles. The molecule has 15 heavy (non-hydrogen) atoms. The SMILES string of the molecule is CC(C)=CC(=O)NCc1cccc(F)c1. The molecule has 1 aromatic carbocycles. The quantitative estimate of drug-likeness (QED) is 0.758. The molecule has 0 atom stereocenters. The van der Waals surface area contributed by atoms with E-state index in [-0.39, 0.29) is 11.7 Å². The maximum atomic E-state index is 12.8. The van der Waals surface area contributed by atoms with E-state index in [2.05, 4.69) is 5.32 Å². The van der Waals surface area contributed by atoms with Crippen LogP contribution in [0.4, 0.5) is 4.39 Å². The molecular formula is C12H14FNO. The van der Waals surface area contributed by atoms with Gasteiger partial charge in [-0.15, -0.1) is 0 Å². The molecule has 2 nitrogen and oxygen atoms in total. The zero-order chi connectivity index (χ0) is 11.3. The van der Waals surface area contributed by atoms with Crippen LogP contribution >= 0.6 is 0 Å².